The lowest BCUT2D eigenvalue weighted by atomic mass is 10.1. The van der Waals surface area contributed by atoms with Gasteiger partial charge >= 0.3 is 0 Å². The van der Waals surface area contributed by atoms with Crippen LogP contribution in [0, 0.1) is 5.92 Å². The Labute approximate surface area is 134 Å². The average molecular weight is 371 g/mol. The first-order valence-electron chi connectivity index (χ1n) is 6.36. The highest BCUT2D eigenvalue weighted by Crippen LogP contribution is 2.42. The first-order chi connectivity index (χ1) is 9.99. The van der Waals surface area contributed by atoms with Gasteiger partial charge in [0, 0.05) is 18.4 Å². The third-order valence-electron chi connectivity index (χ3n) is 3.07. The fraction of sp³-hybridized carbons (Fsp3) is 0.286. The number of fused-ring (bicyclic) bond motifs is 1. The number of primary amides is 1. The molecule has 0 radical (unpaired) electrons. The van der Waals surface area contributed by atoms with Gasteiger partial charge in [0.05, 0.1) is 14.7 Å². The topological polar surface area (TPSA) is 92.4 Å². The van der Waals surface area contributed by atoms with E-state index >= 15 is 0 Å². The molecule has 0 spiro atoms. The van der Waals surface area contributed by atoms with Crippen molar-refractivity contribution in [1.29, 1.82) is 0 Å². The summed E-state index contributed by atoms with van der Waals surface area (Å²) in [6.07, 6.45) is 3.31. The molecule has 21 heavy (non-hydrogen) atoms. The zero-order chi connectivity index (χ0) is 15.6. The van der Waals surface area contributed by atoms with Crippen LogP contribution >= 0.6 is 27.3 Å². The first-order valence-corrected chi connectivity index (χ1v) is 7.97. The standard InChI is InChI=1S/C10H9BrN2O2S.C4H6O/c1-13-10-6(9(12)15)4-2-3-5(14)7(11)8(4)16-10;5-3-4-1-2-4/h2-3,13-14H,1H3,(H2,12,15);3-4H,1-2H2. The molecule has 7 heteroatoms. The Bertz CT molecular complexity index is 695. The molecule has 5 nitrogen and oxygen atoms in total. The zero-order valence-electron chi connectivity index (χ0n) is 11.4. The third kappa shape index (κ3) is 3.36. The second kappa shape index (κ2) is 6.44. The van der Waals surface area contributed by atoms with Crippen LogP contribution in [0.5, 0.6) is 5.75 Å². The SMILES string of the molecule is CNc1sc2c(Br)c(O)ccc2c1C(N)=O.O=CC1CC1. The van der Waals surface area contributed by atoms with Crippen molar-refractivity contribution in [2.75, 3.05) is 12.4 Å². The molecule has 1 aromatic carbocycles. The number of benzene rings is 1. The highest BCUT2D eigenvalue weighted by molar-refractivity contribution is 9.10. The van der Waals surface area contributed by atoms with Crippen molar-refractivity contribution in [3.63, 3.8) is 0 Å². The number of nitrogens with two attached hydrogens (primary N) is 1. The summed E-state index contributed by atoms with van der Waals surface area (Å²) in [6.45, 7) is 0. The molecule has 112 valence electrons. The number of carbonyl (C=O) groups is 2. The lowest BCUT2D eigenvalue weighted by Crippen LogP contribution is -2.11. The molecule has 0 atom stereocenters. The van der Waals surface area contributed by atoms with Crippen molar-refractivity contribution >= 4 is 54.5 Å². The summed E-state index contributed by atoms with van der Waals surface area (Å²) in [6, 6.07) is 3.22. The van der Waals surface area contributed by atoms with Crippen LogP contribution in [-0.2, 0) is 4.79 Å². The maximum absolute atomic E-state index is 11.4. The van der Waals surface area contributed by atoms with Gasteiger partial charge in [-0.2, -0.15) is 0 Å². The van der Waals surface area contributed by atoms with Crippen molar-refractivity contribution in [3.05, 3.63) is 22.2 Å². The van der Waals surface area contributed by atoms with Gasteiger partial charge in [-0.1, -0.05) is 0 Å². The molecular weight excluding hydrogens is 356 g/mol. The number of hydrogen-bond donors (Lipinski definition) is 3. The molecule has 1 aliphatic carbocycles. The fourth-order valence-electron chi connectivity index (χ4n) is 1.77. The van der Waals surface area contributed by atoms with E-state index in [1.807, 2.05) is 0 Å². The lowest BCUT2D eigenvalue weighted by molar-refractivity contribution is -0.108. The van der Waals surface area contributed by atoms with Crippen LogP contribution in [0.3, 0.4) is 0 Å². The molecule has 1 aliphatic rings. The molecule has 1 saturated carbocycles. The number of rotatable bonds is 3. The number of phenolic OH excluding ortho intramolecular Hbond substituents is 1. The summed E-state index contributed by atoms with van der Waals surface area (Å²) in [5, 5.41) is 13.9. The van der Waals surface area contributed by atoms with Crippen LogP contribution in [-0.4, -0.2) is 24.3 Å². The van der Waals surface area contributed by atoms with Gasteiger partial charge in [-0.3, -0.25) is 4.79 Å². The molecular formula is C14H15BrN2O3S. The minimum atomic E-state index is -0.479. The van der Waals surface area contributed by atoms with E-state index < -0.39 is 5.91 Å². The van der Waals surface area contributed by atoms with Crippen LogP contribution in [0.1, 0.15) is 23.2 Å². The molecule has 1 heterocycles. The van der Waals surface area contributed by atoms with Crippen molar-refractivity contribution < 1.29 is 14.7 Å². The minimum absolute atomic E-state index is 0.146. The van der Waals surface area contributed by atoms with Gasteiger partial charge in [0.25, 0.3) is 5.91 Å². The number of carbonyl (C=O) groups excluding carboxylic acids is 2. The summed E-state index contributed by atoms with van der Waals surface area (Å²) in [5.74, 6) is 0.121. The first kappa shape index (κ1) is 15.8. The second-order valence-corrected chi connectivity index (χ2v) is 6.48. The van der Waals surface area contributed by atoms with E-state index in [4.69, 9.17) is 5.73 Å². The van der Waals surface area contributed by atoms with E-state index in [9.17, 15) is 14.7 Å². The number of thiophene rings is 1. The van der Waals surface area contributed by atoms with Crippen molar-refractivity contribution in [3.8, 4) is 5.75 Å². The molecule has 0 bridgehead atoms. The van der Waals surface area contributed by atoms with Gasteiger partial charge in [-0.05, 0) is 40.9 Å². The summed E-state index contributed by atoms with van der Waals surface area (Å²) < 4.78 is 1.39. The van der Waals surface area contributed by atoms with Crippen molar-refractivity contribution in [1.82, 2.24) is 0 Å². The molecule has 1 amide bonds. The molecule has 3 rings (SSSR count). The number of hydrogen-bond acceptors (Lipinski definition) is 5. The van der Waals surface area contributed by atoms with E-state index in [1.165, 1.54) is 17.4 Å². The predicted octanol–water partition coefficient (Wildman–Crippen LogP) is 3.11. The Hall–Kier alpha value is -1.60. The molecule has 4 N–H and O–H groups in total. The summed E-state index contributed by atoms with van der Waals surface area (Å²) >= 11 is 4.66. The van der Waals surface area contributed by atoms with E-state index in [0.717, 1.165) is 29.2 Å². The number of halogens is 1. The van der Waals surface area contributed by atoms with Crippen LogP contribution < -0.4 is 11.1 Å². The Morgan fingerprint density at radius 2 is 2.19 bits per heavy atom. The predicted molar refractivity (Wildman–Crippen MR) is 88.0 cm³/mol. The Morgan fingerprint density at radius 1 is 1.52 bits per heavy atom. The Kier molecular flexibility index (Phi) is 4.84. The molecule has 2 aromatic rings. The number of aldehydes is 1. The number of amides is 1. The molecule has 0 saturated heterocycles. The number of aromatic hydroxyl groups is 1. The fourth-order valence-corrected chi connectivity index (χ4v) is 3.45. The van der Waals surface area contributed by atoms with Crippen LogP contribution in [0.15, 0.2) is 16.6 Å². The van der Waals surface area contributed by atoms with E-state index in [0.29, 0.717) is 21.0 Å². The van der Waals surface area contributed by atoms with Crippen molar-refractivity contribution in [2.24, 2.45) is 11.7 Å². The summed E-state index contributed by atoms with van der Waals surface area (Å²) in [5.41, 5.74) is 5.80. The monoisotopic (exact) mass is 370 g/mol. The van der Waals surface area contributed by atoms with Crippen LogP contribution in [0.4, 0.5) is 5.00 Å². The van der Waals surface area contributed by atoms with Gasteiger partial charge in [0.2, 0.25) is 0 Å². The van der Waals surface area contributed by atoms with E-state index in [-0.39, 0.29) is 5.75 Å². The summed E-state index contributed by atoms with van der Waals surface area (Å²) in [7, 11) is 1.73. The van der Waals surface area contributed by atoms with Crippen LogP contribution in [0.25, 0.3) is 10.1 Å². The Morgan fingerprint density at radius 3 is 2.62 bits per heavy atom. The second-order valence-electron chi connectivity index (χ2n) is 4.67. The average Bonchev–Trinajstić information content (AvgIpc) is 3.22. The van der Waals surface area contributed by atoms with Gasteiger partial charge in [0.15, 0.2) is 0 Å². The van der Waals surface area contributed by atoms with Crippen LogP contribution in [0.2, 0.25) is 0 Å². The lowest BCUT2D eigenvalue weighted by Gasteiger charge is -1.99. The third-order valence-corrected chi connectivity index (χ3v) is 5.37. The van der Waals surface area contributed by atoms with E-state index in [2.05, 4.69) is 21.2 Å². The molecule has 1 aromatic heterocycles. The van der Waals surface area contributed by atoms with Gasteiger partial charge < -0.3 is 21.0 Å². The van der Waals surface area contributed by atoms with Gasteiger partial charge in [0.1, 0.15) is 17.0 Å². The highest BCUT2D eigenvalue weighted by atomic mass is 79.9. The van der Waals surface area contributed by atoms with Crippen molar-refractivity contribution in [2.45, 2.75) is 12.8 Å². The maximum Gasteiger partial charge on any atom is 0.252 e. The normalized spacial score (nSPS) is 13.4. The minimum Gasteiger partial charge on any atom is -0.507 e. The number of phenols is 1. The number of nitrogens with one attached hydrogen (secondary N) is 1. The molecule has 0 aliphatic heterocycles. The summed E-state index contributed by atoms with van der Waals surface area (Å²) in [4.78, 5) is 20.9. The molecule has 0 unspecified atom stereocenters. The zero-order valence-corrected chi connectivity index (χ0v) is 13.8. The van der Waals surface area contributed by atoms with Gasteiger partial charge in [-0.15, -0.1) is 11.3 Å². The highest BCUT2D eigenvalue weighted by Gasteiger charge is 2.19. The number of anilines is 1. The smallest absolute Gasteiger partial charge is 0.252 e. The molecule has 1 fully saturated rings. The van der Waals surface area contributed by atoms with Gasteiger partial charge in [-0.25, -0.2) is 0 Å². The Balaban J connectivity index is 0.000000272. The van der Waals surface area contributed by atoms with E-state index in [1.54, 1.807) is 13.1 Å². The quantitative estimate of drug-likeness (QED) is 0.723. The largest absolute Gasteiger partial charge is 0.507 e. The maximum atomic E-state index is 11.4.